The number of halogens is 1. The number of para-hydroxylation sites is 1. The number of rotatable bonds is 3. The number of anilines is 1. The molecule has 0 atom stereocenters. The van der Waals surface area contributed by atoms with Crippen LogP contribution in [0.25, 0.3) is 16.5 Å². The van der Waals surface area contributed by atoms with E-state index in [0.29, 0.717) is 10.4 Å². The molecular formula is C21H19ClN4O3. The maximum atomic E-state index is 12.8. The van der Waals surface area contributed by atoms with Crippen molar-refractivity contribution in [2.24, 2.45) is 5.73 Å². The molecule has 0 aliphatic carbocycles. The molecule has 4 aromatic rings. The number of aromatic nitrogens is 2. The number of aryl methyl sites for hydroxylation is 1. The molecule has 2 aromatic carbocycles. The molecule has 0 saturated carbocycles. The van der Waals surface area contributed by atoms with Crippen LogP contribution in [0.3, 0.4) is 0 Å². The Morgan fingerprint density at radius 1 is 1.17 bits per heavy atom. The molecule has 0 aliphatic heterocycles. The normalized spacial score (nSPS) is 10.4. The zero-order valence-corrected chi connectivity index (χ0v) is 16.4. The van der Waals surface area contributed by atoms with Crippen LogP contribution in [0, 0.1) is 0 Å². The van der Waals surface area contributed by atoms with E-state index in [1.54, 1.807) is 10.6 Å². The number of primary amides is 1. The summed E-state index contributed by atoms with van der Waals surface area (Å²) in [5.74, 6) is -0.643. The molecule has 0 radical (unpaired) electrons. The van der Waals surface area contributed by atoms with E-state index >= 15 is 0 Å². The summed E-state index contributed by atoms with van der Waals surface area (Å²) in [5, 5.41) is 1.97. The molecule has 148 valence electrons. The summed E-state index contributed by atoms with van der Waals surface area (Å²) >= 11 is 6.20. The smallest absolute Gasteiger partial charge is 0.292 e. The number of benzene rings is 2. The molecule has 0 fully saturated rings. The van der Waals surface area contributed by atoms with Crippen LogP contribution in [0.4, 0.5) is 6.01 Å². The van der Waals surface area contributed by atoms with Gasteiger partial charge in [0.1, 0.15) is 6.26 Å². The third-order valence-electron chi connectivity index (χ3n) is 4.22. The molecule has 8 heteroatoms. The van der Waals surface area contributed by atoms with E-state index in [9.17, 15) is 9.59 Å². The summed E-state index contributed by atoms with van der Waals surface area (Å²) in [7, 11) is 0. The fraction of sp³-hybridized carbons (Fsp3) is 0.0952. The number of oxazole rings is 1. The Bertz CT molecular complexity index is 1220. The number of nitrogens with two attached hydrogens (primary N) is 2. The zero-order chi connectivity index (χ0) is 21.0. The Hall–Kier alpha value is -3.58. The second kappa shape index (κ2) is 8.62. The van der Waals surface area contributed by atoms with E-state index in [1.807, 2.05) is 55.5 Å². The molecule has 0 saturated heterocycles. The molecule has 7 nitrogen and oxygen atoms in total. The molecule has 0 spiro atoms. The Morgan fingerprint density at radius 3 is 2.45 bits per heavy atom. The highest BCUT2D eigenvalue weighted by atomic mass is 35.5. The molecule has 4 N–H and O–H groups in total. The minimum atomic E-state index is -0.643. The highest BCUT2D eigenvalue weighted by Crippen LogP contribution is 2.22. The number of pyridine rings is 1. The molecule has 4 rings (SSSR count). The van der Waals surface area contributed by atoms with Crippen LogP contribution in [0.5, 0.6) is 0 Å². The van der Waals surface area contributed by atoms with Crippen molar-refractivity contribution in [1.29, 1.82) is 0 Å². The quantitative estimate of drug-likeness (QED) is 0.535. The molecule has 2 heterocycles. The fourth-order valence-electron chi connectivity index (χ4n) is 2.89. The van der Waals surface area contributed by atoms with E-state index in [4.69, 9.17) is 23.1 Å². The van der Waals surface area contributed by atoms with Gasteiger partial charge < -0.3 is 15.9 Å². The number of fused-ring (bicyclic) bond motifs is 1. The zero-order valence-electron chi connectivity index (χ0n) is 15.6. The maximum absolute atomic E-state index is 12.8. The second-order valence-corrected chi connectivity index (χ2v) is 6.51. The number of amides is 1. The summed E-state index contributed by atoms with van der Waals surface area (Å²) in [6, 6.07) is 17.2. The summed E-state index contributed by atoms with van der Waals surface area (Å²) in [5.41, 5.74) is 11.7. The van der Waals surface area contributed by atoms with Crippen molar-refractivity contribution in [2.75, 3.05) is 5.73 Å². The lowest BCUT2D eigenvalue weighted by Gasteiger charge is -2.14. The molecular weight excluding hydrogens is 392 g/mol. The van der Waals surface area contributed by atoms with Gasteiger partial charge in [-0.3, -0.25) is 14.2 Å². The van der Waals surface area contributed by atoms with Crippen LogP contribution >= 0.6 is 11.6 Å². The Kier molecular flexibility index (Phi) is 5.99. The van der Waals surface area contributed by atoms with Crippen molar-refractivity contribution in [3.8, 4) is 5.69 Å². The highest BCUT2D eigenvalue weighted by Gasteiger charge is 2.12. The van der Waals surface area contributed by atoms with Gasteiger partial charge in [-0.05, 0) is 36.1 Å². The fourth-order valence-corrected chi connectivity index (χ4v) is 3.16. The van der Waals surface area contributed by atoms with Gasteiger partial charge in [0.05, 0.1) is 10.4 Å². The van der Waals surface area contributed by atoms with Gasteiger partial charge in [-0.25, -0.2) is 0 Å². The van der Waals surface area contributed by atoms with Crippen molar-refractivity contribution in [3.63, 3.8) is 0 Å². The lowest BCUT2D eigenvalue weighted by atomic mass is 10.1. The van der Waals surface area contributed by atoms with Crippen LogP contribution in [-0.4, -0.2) is 15.5 Å². The first-order chi connectivity index (χ1) is 13.9. The topological polar surface area (TPSA) is 117 Å². The average Bonchev–Trinajstić information content (AvgIpc) is 3.15. The molecule has 29 heavy (non-hydrogen) atoms. The first kappa shape index (κ1) is 20.2. The van der Waals surface area contributed by atoms with Crippen LogP contribution in [0.15, 0.2) is 70.1 Å². The van der Waals surface area contributed by atoms with Crippen molar-refractivity contribution in [2.45, 2.75) is 13.3 Å². The lowest BCUT2D eigenvalue weighted by Crippen LogP contribution is -2.22. The number of nitrogens with zero attached hydrogens (tertiary/aromatic N) is 2. The Morgan fingerprint density at radius 2 is 1.90 bits per heavy atom. The number of carbonyl (C=O) groups excluding carboxylic acids is 1. The van der Waals surface area contributed by atoms with Crippen LogP contribution < -0.4 is 17.0 Å². The largest absolute Gasteiger partial charge is 0.431 e. The third-order valence-corrected chi connectivity index (χ3v) is 4.54. The number of hydrogen-bond donors (Lipinski definition) is 2. The Labute approximate surface area is 171 Å². The van der Waals surface area contributed by atoms with Crippen molar-refractivity contribution in [3.05, 3.63) is 87.6 Å². The van der Waals surface area contributed by atoms with Gasteiger partial charge in [0.2, 0.25) is 0 Å². The minimum absolute atomic E-state index is 0.0486. The Balaban J connectivity index is 0.000000224. The second-order valence-electron chi connectivity index (χ2n) is 6.10. The number of nitrogen functional groups attached to an aromatic ring is 1. The van der Waals surface area contributed by atoms with Crippen LogP contribution in [0.1, 0.15) is 23.1 Å². The third kappa shape index (κ3) is 4.30. The van der Waals surface area contributed by atoms with Gasteiger partial charge in [0.15, 0.2) is 5.69 Å². The molecule has 2 aromatic heterocycles. The first-order valence-corrected chi connectivity index (χ1v) is 9.19. The van der Waals surface area contributed by atoms with E-state index < -0.39 is 5.91 Å². The predicted octanol–water partition coefficient (Wildman–Crippen LogP) is 3.56. The van der Waals surface area contributed by atoms with Gasteiger partial charge in [-0.2, -0.15) is 4.98 Å². The van der Waals surface area contributed by atoms with Gasteiger partial charge in [-0.1, -0.05) is 48.9 Å². The van der Waals surface area contributed by atoms with E-state index in [2.05, 4.69) is 9.40 Å². The van der Waals surface area contributed by atoms with Gasteiger partial charge in [0.25, 0.3) is 17.5 Å². The van der Waals surface area contributed by atoms with E-state index in [1.165, 1.54) is 0 Å². The lowest BCUT2D eigenvalue weighted by molar-refractivity contribution is 0.0995. The van der Waals surface area contributed by atoms with Gasteiger partial charge >= 0.3 is 0 Å². The van der Waals surface area contributed by atoms with Crippen molar-refractivity contribution in [1.82, 2.24) is 9.55 Å². The highest BCUT2D eigenvalue weighted by molar-refractivity contribution is 6.35. The van der Waals surface area contributed by atoms with Crippen LogP contribution in [0.2, 0.25) is 5.02 Å². The average molecular weight is 411 g/mol. The van der Waals surface area contributed by atoms with E-state index in [-0.39, 0.29) is 17.3 Å². The summed E-state index contributed by atoms with van der Waals surface area (Å²) in [4.78, 5) is 26.5. The predicted molar refractivity (Wildman–Crippen MR) is 113 cm³/mol. The standard InChI is InChI=1S/C17H14ClNO.C4H5N3O2/c1-2-13-11-12-7-6-10-15(18)16(12)17(20)19(13)14-8-4-3-5-9-14;5-3(8)2-1-9-4(6)7-2/h3-11H,2H2,1H3;1H,(H2,5,8)(H2,6,7). The van der Waals surface area contributed by atoms with Crippen molar-refractivity contribution >= 4 is 34.3 Å². The molecule has 0 aliphatic rings. The summed E-state index contributed by atoms with van der Waals surface area (Å²) in [6.07, 6.45) is 1.89. The van der Waals surface area contributed by atoms with E-state index in [0.717, 1.165) is 29.5 Å². The maximum Gasteiger partial charge on any atom is 0.292 e. The molecule has 1 amide bonds. The monoisotopic (exact) mass is 410 g/mol. The molecule has 0 bridgehead atoms. The summed E-state index contributed by atoms with van der Waals surface area (Å²) < 4.78 is 6.24. The molecule has 0 unspecified atom stereocenters. The van der Waals surface area contributed by atoms with Crippen LogP contribution in [-0.2, 0) is 6.42 Å². The number of hydrogen-bond acceptors (Lipinski definition) is 5. The first-order valence-electron chi connectivity index (χ1n) is 8.81. The van der Waals surface area contributed by atoms with Gasteiger partial charge in [-0.15, -0.1) is 0 Å². The summed E-state index contributed by atoms with van der Waals surface area (Å²) in [6.45, 7) is 2.05. The minimum Gasteiger partial charge on any atom is -0.431 e. The van der Waals surface area contributed by atoms with Gasteiger partial charge in [0, 0.05) is 11.4 Å². The number of carbonyl (C=O) groups is 1. The van der Waals surface area contributed by atoms with Crippen molar-refractivity contribution < 1.29 is 9.21 Å². The SMILES string of the molecule is CCc1cc2cccc(Cl)c2c(=O)n1-c1ccccc1.NC(=O)c1coc(N)n1.